The normalized spacial score (nSPS) is 10.5. The van der Waals surface area contributed by atoms with E-state index in [1.54, 1.807) is 4.90 Å². The number of likely N-dealkylation sites (N-methyl/N-ethyl adjacent to an activating group) is 1. The Balaban J connectivity index is 2.16. The van der Waals surface area contributed by atoms with Crippen molar-refractivity contribution in [3.8, 4) is 0 Å². The van der Waals surface area contributed by atoms with Gasteiger partial charge in [0.25, 0.3) is 5.56 Å². The van der Waals surface area contributed by atoms with Gasteiger partial charge in [-0.2, -0.15) is 0 Å². The van der Waals surface area contributed by atoms with Gasteiger partial charge in [-0.3, -0.25) is 14.2 Å². The van der Waals surface area contributed by atoms with Crippen molar-refractivity contribution in [3.63, 3.8) is 0 Å². The molecule has 5 heteroatoms. The van der Waals surface area contributed by atoms with E-state index in [9.17, 15) is 9.59 Å². The highest BCUT2D eigenvalue weighted by molar-refractivity contribution is 5.93. The maximum absolute atomic E-state index is 12.4. The number of para-hydroxylation sites is 1. The van der Waals surface area contributed by atoms with Crippen molar-refractivity contribution in [2.75, 3.05) is 11.4 Å². The Kier molecular flexibility index (Phi) is 5.47. The van der Waals surface area contributed by atoms with Crippen LogP contribution in [0.4, 0.5) is 5.69 Å². The van der Waals surface area contributed by atoms with Crippen molar-refractivity contribution in [2.24, 2.45) is 0 Å². The topological polar surface area (TPSA) is 55.2 Å². The largest absolute Gasteiger partial charge is 0.311 e. The number of aryl methyl sites for hydroxylation is 1. The van der Waals surface area contributed by atoms with E-state index in [0.717, 1.165) is 24.2 Å². The second kappa shape index (κ2) is 7.54. The standard InChI is InChI=1S/C17H21N3O2/c1-3-8-14-11-16(21)19(13-18-14)12-17(22)20(4-2)15-9-6-5-7-10-15/h5-7,9-11,13H,3-4,8,12H2,1-2H3. The van der Waals surface area contributed by atoms with Crippen molar-refractivity contribution in [1.82, 2.24) is 9.55 Å². The fraction of sp³-hybridized carbons (Fsp3) is 0.353. The summed E-state index contributed by atoms with van der Waals surface area (Å²) in [5.41, 5.74) is 1.42. The molecule has 1 aromatic heterocycles. The SMILES string of the molecule is CCCc1cc(=O)n(CC(=O)N(CC)c2ccccc2)cn1. The van der Waals surface area contributed by atoms with Crippen molar-refractivity contribution in [2.45, 2.75) is 33.2 Å². The summed E-state index contributed by atoms with van der Waals surface area (Å²) in [6, 6.07) is 11.0. The predicted octanol–water partition coefficient (Wildman–Crippen LogP) is 2.25. The molecule has 2 rings (SSSR count). The molecule has 5 nitrogen and oxygen atoms in total. The van der Waals surface area contributed by atoms with Crippen molar-refractivity contribution in [3.05, 3.63) is 58.8 Å². The molecule has 0 N–H and O–H groups in total. The second-order valence-electron chi connectivity index (χ2n) is 5.07. The molecule has 0 radical (unpaired) electrons. The zero-order valence-corrected chi connectivity index (χ0v) is 13.0. The molecule has 0 atom stereocenters. The number of amides is 1. The lowest BCUT2D eigenvalue weighted by atomic mass is 10.2. The van der Waals surface area contributed by atoms with Gasteiger partial charge in [0, 0.05) is 24.0 Å². The molecule has 0 aliphatic rings. The van der Waals surface area contributed by atoms with Crippen LogP contribution in [0, 0.1) is 0 Å². The first-order valence-corrected chi connectivity index (χ1v) is 7.56. The molecule has 22 heavy (non-hydrogen) atoms. The molecule has 0 fully saturated rings. The van der Waals surface area contributed by atoms with Gasteiger partial charge in [0.15, 0.2) is 0 Å². The summed E-state index contributed by atoms with van der Waals surface area (Å²) in [5, 5.41) is 0. The molecular formula is C17H21N3O2. The Hall–Kier alpha value is -2.43. The number of carbonyl (C=O) groups is 1. The van der Waals surface area contributed by atoms with Crippen molar-refractivity contribution < 1.29 is 4.79 Å². The molecule has 2 aromatic rings. The number of rotatable bonds is 6. The second-order valence-corrected chi connectivity index (χ2v) is 5.07. The number of hydrogen-bond acceptors (Lipinski definition) is 3. The minimum Gasteiger partial charge on any atom is -0.311 e. The lowest BCUT2D eigenvalue weighted by molar-refractivity contribution is -0.119. The smallest absolute Gasteiger partial charge is 0.253 e. The fourth-order valence-electron chi connectivity index (χ4n) is 2.32. The molecule has 1 amide bonds. The predicted molar refractivity (Wildman–Crippen MR) is 87.0 cm³/mol. The van der Waals surface area contributed by atoms with E-state index in [2.05, 4.69) is 4.98 Å². The van der Waals surface area contributed by atoms with Gasteiger partial charge in [0.1, 0.15) is 6.54 Å². The number of anilines is 1. The average Bonchev–Trinajstić information content (AvgIpc) is 2.52. The molecule has 0 saturated carbocycles. The van der Waals surface area contributed by atoms with Gasteiger partial charge in [0.2, 0.25) is 5.91 Å². The average molecular weight is 299 g/mol. The van der Waals surface area contributed by atoms with Crippen LogP contribution in [0.25, 0.3) is 0 Å². The molecule has 0 spiro atoms. The minimum absolute atomic E-state index is 0.000965. The van der Waals surface area contributed by atoms with Gasteiger partial charge in [-0.1, -0.05) is 31.5 Å². The first kappa shape index (κ1) is 15.9. The quantitative estimate of drug-likeness (QED) is 0.822. The zero-order valence-electron chi connectivity index (χ0n) is 13.0. The molecule has 0 unspecified atom stereocenters. The van der Waals surface area contributed by atoms with E-state index in [1.807, 2.05) is 44.2 Å². The van der Waals surface area contributed by atoms with E-state index in [0.29, 0.717) is 6.54 Å². The third kappa shape index (κ3) is 3.81. The highest BCUT2D eigenvalue weighted by Gasteiger charge is 2.14. The van der Waals surface area contributed by atoms with Gasteiger partial charge in [-0.15, -0.1) is 0 Å². The molecule has 0 bridgehead atoms. The summed E-state index contributed by atoms with van der Waals surface area (Å²) in [6.07, 6.45) is 3.17. The van der Waals surface area contributed by atoms with Gasteiger partial charge < -0.3 is 4.90 Å². The van der Waals surface area contributed by atoms with Crippen molar-refractivity contribution in [1.29, 1.82) is 0 Å². The third-order valence-corrected chi connectivity index (χ3v) is 3.43. The first-order chi connectivity index (χ1) is 10.7. The zero-order chi connectivity index (χ0) is 15.9. The van der Waals surface area contributed by atoms with Gasteiger partial charge in [-0.25, -0.2) is 4.98 Å². The van der Waals surface area contributed by atoms with Gasteiger partial charge >= 0.3 is 0 Å². The van der Waals surface area contributed by atoms with Crippen LogP contribution >= 0.6 is 0 Å². The van der Waals surface area contributed by atoms with E-state index in [4.69, 9.17) is 0 Å². The lowest BCUT2D eigenvalue weighted by Gasteiger charge is -2.21. The Labute approximate surface area is 130 Å². The molecule has 1 heterocycles. The van der Waals surface area contributed by atoms with Gasteiger partial charge in [-0.05, 0) is 25.5 Å². The summed E-state index contributed by atoms with van der Waals surface area (Å²) in [4.78, 5) is 30.4. The summed E-state index contributed by atoms with van der Waals surface area (Å²) in [5.74, 6) is -0.124. The minimum atomic E-state index is -0.184. The Morgan fingerprint density at radius 1 is 1.23 bits per heavy atom. The van der Waals surface area contributed by atoms with E-state index >= 15 is 0 Å². The molecule has 1 aromatic carbocycles. The number of nitrogens with zero attached hydrogens (tertiary/aromatic N) is 3. The maximum Gasteiger partial charge on any atom is 0.253 e. The highest BCUT2D eigenvalue weighted by atomic mass is 16.2. The van der Waals surface area contributed by atoms with Crippen LogP contribution in [0.2, 0.25) is 0 Å². The van der Waals surface area contributed by atoms with Crippen molar-refractivity contribution >= 4 is 11.6 Å². The highest BCUT2D eigenvalue weighted by Crippen LogP contribution is 2.13. The molecule has 0 saturated heterocycles. The molecular weight excluding hydrogens is 278 g/mol. The lowest BCUT2D eigenvalue weighted by Crippen LogP contribution is -2.36. The molecule has 116 valence electrons. The summed E-state index contributed by atoms with van der Waals surface area (Å²) < 4.78 is 1.35. The first-order valence-electron chi connectivity index (χ1n) is 7.56. The van der Waals surface area contributed by atoms with E-state index in [1.165, 1.54) is 17.0 Å². The van der Waals surface area contributed by atoms with E-state index in [-0.39, 0.29) is 18.0 Å². The van der Waals surface area contributed by atoms with Crippen LogP contribution in [-0.2, 0) is 17.8 Å². The van der Waals surface area contributed by atoms with Crippen LogP contribution in [0.1, 0.15) is 26.0 Å². The monoisotopic (exact) mass is 299 g/mol. The third-order valence-electron chi connectivity index (χ3n) is 3.43. The Morgan fingerprint density at radius 3 is 2.55 bits per heavy atom. The number of carbonyl (C=O) groups excluding carboxylic acids is 1. The Morgan fingerprint density at radius 2 is 1.95 bits per heavy atom. The van der Waals surface area contributed by atoms with Crippen LogP contribution in [0.5, 0.6) is 0 Å². The van der Waals surface area contributed by atoms with Crippen LogP contribution in [-0.4, -0.2) is 22.0 Å². The number of hydrogen-bond donors (Lipinski definition) is 0. The van der Waals surface area contributed by atoms with Crippen LogP contribution in [0.15, 0.2) is 47.5 Å². The number of benzene rings is 1. The Bertz CT molecular complexity index is 680. The van der Waals surface area contributed by atoms with Crippen LogP contribution in [0.3, 0.4) is 0 Å². The number of aromatic nitrogens is 2. The molecule has 0 aliphatic carbocycles. The summed E-state index contributed by atoms with van der Waals surface area (Å²) in [6.45, 7) is 4.51. The van der Waals surface area contributed by atoms with E-state index < -0.39 is 0 Å². The fourth-order valence-corrected chi connectivity index (χ4v) is 2.32. The summed E-state index contributed by atoms with van der Waals surface area (Å²) in [7, 11) is 0. The van der Waals surface area contributed by atoms with Gasteiger partial charge in [0.05, 0.1) is 6.33 Å². The summed E-state index contributed by atoms with van der Waals surface area (Å²) >= 11 is 0. The molecule has 0 aliphatic heterocycles. The maximum atomic E-state index is 12.4. The van der Waals surface area contributed by atoms with Crippen LogP contribution < -0.4 is 10.5 Å².